The zero-order valence-corrected chi connectivity index (χ0v) is 18.2. The summed E-state index contributed by atoms with van der Waals surface area (Å²) in [4.78, 5) is 14.1. The van der Waals surface area contributed by atoms with Crippen molar-refractivity contribution in [2.45, 2.75) is 18.0 Å². The molecule has 0 radical (unpaired) electrons. The van der Waals surface area contributed by atoms with E-state index in [0.717, 1.165) is 23.8 Å². The summed E-state index contributed by atoms with van der Waals surface area (Å²) in [6.45, 7) is 1.10. The minimum absolute atomic E-state index is 0.129. The lowest BCUT2D eigenvalue weighted by Crippen LogP contribution is -2.41. The molecule has 3 aromatic carbocycles. The van der Waals surface area contributed by atoms with Crippen LogP contribution < -0.4 is 9.21 Å². The van der Waals surface area contributed by atoms with E-state index in [9.17, 15) is 26.4 Å². The highest BCUT2D eigenvalue weighted by Gasteiger charge is 2.33. The normalized spacial score (nSPS) is 11.8. The molecule has 3 aromatic rings. The van der Waals surface area contributed by atoms with Crippen LogP contribution in [0.3, 0.4) is 0 Å². The highest BCUT2D eigenvalue weighted by molar-refractivity contribution is 7.92. The lowest BCUT2D eigenvalue weighted by molar-refractivity contribution is -0.137. The molecule has 0 fully saturated rings. The van der Waals surface area contributed by atoms with Crippen molar-refractivity contribution in [3.63, 3.8) is 0 Å². The molecular formula is C23H21F3N2O3S. The summed E-state index contributed by atoms with van der Waals surface area (Å²) < 4.78 is 67.2. The molecular weight excluding hydrogens is 441 g/mol. The van der Waals surface area contributed by atoms with E-state index in [1.165, 1.54) is 30.1 Å². The number of nitrogens with zero attached hydrogens (tertiary/aromatic N) is 2. The summed E-state index contributed by atoms with van der Waals surface area (Å²) in [6, 6.07) is 18.3. The second-order valence-corrected chi connectivity index (χ2v) is 9.02. The first-order chi connectivity index (χ1) is 15.0. The van der Waals surface area contributed by atoms with Gasteiger partial charge < -0.3 is 4.90 Å². The zero-order chi connectivity index (χ0) is 23.5. The van der Waals surface area contributed by atoms with Gasteiger partial charge in [0.1, 0.15) is 6.54 Å². The van der Waals surface area contributed by atoms with Crippen LogP contribution in [0.4, 0.5) is 24.5 Å². The summed E-state index contributed by atoms with van der Waals surface area (Å²) in [5.41, 5.74) is 0.0712. The molecule has 0 N–H and O–H groups in total. The van der Waals surface area contributed by atoms with Gasteiger partial charge in [0.2, 0.25) is 5.91 Å². The molecule has 0 saturated carbocycles. The van der Waals surface area contributed by atoms with Crippen molar-refractivity contribution in [3.8, 4) is 0 Å². The largest absolute Gasteiger partial charge is 0.416 e. The molecule has 0 unspecified atom stereocenters. The third-order valence-electron chi connectivity index (χ3n) is 4.87. The van der Waals surface area contributed by atoms with Gasteiger partial charge in [-0.05, 0) is 49.4 Å². The van der Waals surface area contributed by atoms with Gasteiger partial charge in [0.05, 0.1) is 16.1 Å². The molecule has 0 bridgehead atoms. The Bertz CT molecular complexity index is 1200. The van der Waals surface area contributed by atoms with Gasteiger partial charge in [0, 0.05) is 12.7 Å². The van der Waals surface area contributed by atoms with E-state index in [-0.39, 0.29) is 10.6 Å². The maximum Gasteiger partial charge on any atom is 0.416 e. The van der Waals surface area contributed by atoms with Crippen molar-refractivity contribution in [1.29, 1.82) is 0 Å². The summed E-state index contributed by atoms with van der Waals surface area (Å²) >= 11 is 0. The Labute approximate surface area is 184 Å². The van der Waals surface area contributed by atoms with Crippen LogP contribution in [0.5, 0.6) is 0 Å². The number of halogens is 3. The molecule has 0 atom stereocenters. The lowest BCUT2D eigenvalue weighted by atomic mass is 10.2. The van der Waals surface area contributed by atoms with Crippen LogP contribution in [0, 0.1) is 6.92 Å². The molecule has 9 heteroatoms. The molecule has 0 spiro atoms. The number of amides is 1. The standard InChI is InChI=1S/C23H21F3N2O3S/c1-17-11-13-21(14-12-17)32(30,31)28(20-10-6-7-18(15-20)23(24,25)26)16-22(29)27(2)19-8-4-3-5-9-19/h3-15H,16H2,1-2H3. The number of para-hydroxylation sites is 1. The summed E-state index contributed by atoms with van der Waals surface area (Å²) in [7, 11) is -2.85. The Hall–Kier alpha value is -3.33. The molecule has 0 saturated heterocycles. The van der Waals surface area contributed by atoms with E-state index in [0.29, 0.717) is 9.99 Å². The lowest BCUT2D eigenvalue weighted by Gasteiger charge is -2.27. The van der Waals surface area contributed by atoms with Crippen molar-refractivity contribution in [2.24, 2.45) is 0 Å². The Morgan fingerprint density at radius 3 is 2.06 bits per heavy atom. The number of carbonyl (C=O) groups excluding carboxylic acids is 1. The van der Waals surface area contributed by atoms with Crippen LogP contribution in [0.25, 0.3) is 0 Å². The molecule has 0 aliphatic rings. The monoisotopic (exact) mass is 462 g/mol. The van der Waals surface area contributed by atoms with Gasteiger partial charge in [0.15, 0.2) is 0 Å². The van der Waals surface area contributed by atoms with Crippen molar-refractivity contribution < 1.29 is 26.4 Å². The molecule has 0 aliphatic carbocycles. The number of aryl methyl sites for hydroxylation is 1. The zero-order valence-electron chi connectivity index (χ0n) is 17.4. The highest BCUT2D eigenvalue weighted by atomic mass is 32.2. The number of hydrogen-bond acceptors (Lipinski definition) is 3. The van der Waals surface area contributed by atoms with Crippen molar-refractivity contribution in [1.82, 2.24) is 0 Å². The van der Waals surface area contributed by atoms with E-state index in [1.54, 1.807) is 49.4 Å². The second kappa shape index (κ2) is 9.04. The molecule has 3 rings (SSSR count). The van der Waals surface area contributed by atoms with Crippen molar-refractivity contribution >= 4 is 27.3 Å². The predicted molar refractivity (Wildman–Crippen MR) is 117 cm³/mol. The molecule has 0 aliphatic heterocycles. The van der Waals surface area contributed by atoms with Crippen LogP contribution in [0.15, 0.2) is 83.8 Å². The van der Waals surface area contributed by atoms with E-state index < -0.39 is 34.2 Å². The quantitative estimate of drug-likeness (QED) is 0.525. The number of sulfonamides is 1. The first-order valence-electron chi connectivity index (χ1n) is 9.58. The van der Waals surface area contributed by atoms with Gasteiger partial charge in [-0.25, -0.2) is 8.42 Å². The van der Waals surface area contributed by atoms with Gasteiger partial charge in [-0.15, -0.1) is 0 Å². The molecule has 32 heavy (non-hydrogen) atoms. The minimum Gasteiger partial charge on any atom is -0.314 e. The van der Waals surface area contributed by atoms with Crippen LogP contribution in [-0.2, 0) is 21.0 Å². The maximum atomic E-state index is 13.4. The third-order valence-corrected chi connectivity index (χ3v) is 6.65. The number of carbonyl (C=O) groups is 1. The first kappa shape index (κ1) is 23.3. The number of hydrogen-bond donors (Lipinski definition) is 0. The predicted octanol–water partition coefficient (Wildman–Crippen LogP) is 4.87. The van der Waals surface area contributed by atoms with Gasteiger partial charge in [-0.2, -0.15) is 13.2 Å². The average Bonchev–Trinajstić information content (AvgIpc) is 2.77. The molecule has 5 nitrogen and oxygen atoms in total. The topological polar surface area (TPSA) is 57.7 Å². The number of anilines is 2. The molecule has 1 amide bonds. The number of alkyl halides is 3. The fraction of sp³-hybridized carbons (Fsp3) is 0.174. The minimum atomic E-state index is -4.67. The smallest absolute Gasteiger partial charge is 0.314 e. The van der Waals surface area contributed by atoms with Gasteiger partial charge in [-0.1, -0.05) is 42.0 Å². The van der Waals surface area contributed by atoms with E-state index in [1.807, 2.05) is 0 Å². The second-order valence-electron chi connectivity index (χ2n) is 7.16. The molecule has 0 aromatic heterocycles. The van der Waals surface area contributed by atoms with Gasteiger partial charge >= 0.3 is 6.18 Å². The van der Waals surface area contributed by atoms with Crippen LogP contribution in [0.2, 0.25) is 0 Å². The van der Waals surface area contributed by atoms with Crippen molar-refractivity contribution in [2.75, 3.05) is 22.8 Å². The highest BCUT2D eigenvalue weighted by Crippen LogP contribution is 2.33. The van der Waals surface area contributed by atoms with E-state index in [4.69, 9.17) is 0 Å². The fourth-order valence-electron chi connectivity index (χ4n) is 3.01. The average molecular weight is 462 g/mol. The Balaban J connectivity index is 2.05. The summed E-state index contributed by atoms with van der Waals surface area (Å²) in [6.07, 6.45) is -4.67. The van der Waals surface area contributed by atoms with Gasteiger partial charge in [0.25, 0.3) is 10.0 Å². The molecule has 168 valence electrons. The van der Waals surface area contributed by atoms with E-state index in [2.05, 4.69) is 0 Å². The SMILES string of the molecule is Cc1ccc(S(=O)(=O)N(CC(=O)N(C)c2ccccc2)c2cccc(C(F)(F)F)c2)cc1. The first-order valence-corrected chi connectivity index (χ1v) is 11.0. The number of likely N-dealkylation sites (N-methyl/N-ethyl adjacent to an activating group) is 1. The Morgan fingerprint density at radius 1 is 0.875 bits per heavy atom. The maximum absolute atomic E-state index is 13.4. The number of benzene rings is 3. The van der Waals surface area contributed by atoms with Crippen LogP contribution >= 0.6 is 0 Å². The van der Waals surface area contributed by atoms with Gasteiger partial charge in [-0.3, -0.25) is 9.10 Å². The fourth-order valence-corrected chi connectivity index (χ4v) is 4.42. The van der Waals surface area contributed by atoms with Crippen LogP contribution in [-0.4, -0.2) is 27.9 Å². The Kier molecular flexibility index (Phi) is 6.59. The van der Waals surface area contributed by atoms with E-state index >= 15 is 0 Å². The van der Waals surface area contributed by atoms with Crippen LogP contribution in [0.1, 0.15) is 11.1 Å². The summed E-state index contributed by atoms with van der Waals surface area (Å²) in [5, 5.41) is 0. The number of rotatable bonds is 6. The summed E-state index contributed by atoms with van der Waals surface area (Å²) in [5.74, 6) is -0.607. The third kappa shape index (κ3) is 5.11. The van der Waals surface area contributed by atoms with Crippen molar-refractivity contribution in [3.05, 3.63) is 90.0 Å². The Morgan fingerprint density at radius 2 is 1.47 bits per heavy atom. The molecule has 0 heterocycles.